The molecule has 7 heteroatoms. The van der Waals surface area contributed by atoms with Gasteiger partial charge in [0, 0.05) is 25.8 Å². The molecule has 1 fully saturated rings. The molecule has 0 aliphatic carbocycles. The van der Waals surface area contributed by atoms with Crippen molar-refractivity contribution in [2.45, 2.75) is 18.9 Å². The van der Waals surface area contributed by atoms with Gasteiger partial charge in [-0.15, -0.1) is 0 Å². The second-order valence-electron chi connectivity index (χ2n) is 4.90. The van der Waals surface area contributed by atoms with Crippen LogP contribution in [-0.4, -0.2) is 59.1 Å². The molecule has 0 radical (unpaired) electrons. The third-order valence-electron chi connectivity index (χ3n) is 3.48. The number of nitrogens with two attached hydrogens (primary N) is 1. The number of nitrogens with zero attached hydrogens (tertiary/aromatic N) is 5. The van der Waals surface area contributed by atoms with Crippen LogP contribution in [0.2, 0.25) is 0 Å². The zero-order valence-corrected chi connectivity index (χ0v) is 11.3. The molecule has 2 heterocycles. The number of anilines is 1. The van der Waals surface area contributed by atoms with Gasteiger partial charge < -0.3 is 20.7 Å². The Balaban J connectivity index is 2.16. The number of amidine groups is 1. The standard InChI is InChI=1S/C12H20N6O/c1-17-7-3-4-9(8-17)18(2)12-14-6-5-10(15-12)11(13)16-19/h5-6,9,19H,3-4,7-8H2,1-2H3,(H2,13,16). The molecule has 1 aromatic heterocycles. The quantitative estimate of drug-likeness (QED) is 0.348. The van der Waals surface area contributed by atoms with Crippen molar-refractivity contribution in [3.63, 3.8) is 0 Å². The second kappa shape index (κ2) is 5.83. The average Bonchev–Trinajstić information content (AvgIpc) is 2.45. The van der Waals surface area contributed by atoms with Crippen LogP contribution in [0.5, 0.6) is 0 Å². The fourth-order valence-electron chi connectivity index (χ4n) is 2.33. The van der Waals surface area contributed by atoms with E-state index in [9.17, 15) is 0 Å². The first-order valence-corrected chi connectivity index (χ1v) is 6.34. The maximum absolute atomic E-state index is 8.68. The van der Waals surface area contributed by atoms with E-state index in [0.717, 1.165) is 19.5 Å². The van der Waals surface area contributed by atoms with Crippen LogP contribution < -0.4 is 10.6 Å². The predicted octanol–water partition coefficient (Wildman–Crippen LogP) is 0.102. The first-order chi connectivity index (χ1) is 9.11. The van der Waals surface area contributed by atoms with E-state index in [1.54, 1.807) is 12.3 Å². The van der Waals surface area contributed by atoms with Gasteiger partial charge >= 0.3 is 0 Å². The van der Waals surface area contributed by atoms with Gasteiger partial charge in [0.1, 0.15) is 5.69 Å². The Bertz CT molecular complexity index is 463. The molecule has 2 rings (SSSR count). The molecule has 1 aromatic rings. The molecule has 1 aliphatic rings. The molecule has 19 heavy (non-hydrogen) atoms. The second-order valence-corrected chi connectivity index (χ2v) is 4.90. The van der Waals surface area contributed by atoms with Gasteiger partial charge in [0.05, 0.1) is 0 Å². The van der Waals surface area contributed by atoms with Crippen molar-refractivity contribution in [3.05, 3.63) is 18.0 Å². The summed E-state index contributed by atoms with van der Waals surface area (Å²) in [5, 5.41) is 11.6. The summed E-state index contributed by atoms with van der Waals surface area (Å²) in [4.78, 5) is 12.9. The summed E-state index contributed by atoms with van der Waals surface area (Å²) in [5.74, 6) is 0.599. The SMILES string of the molecule is CN1CCCC(N(C)c2nccc(/C(N)=N/O)n2)C1. The first kappa shape index (κ1) is 13.5. The number of likely N-dealkylation sites (N-methyl/N-ethyl adjacent to an activating group) is 2. The van der Waals surface area contributed by atoms with Crippen LogP contribution in [0.15, 0.2) is 17.4 Å². The lowest BCUT2D eigenvalue weighted by Crippen LogP contribution is -2.45. The Kier molecular flexibility index (Phi) is 4.16. The lowest BCUT2D eigenvalue weighted by molar-refractivity contribution is 0.247. The van der Waals surface area contributed by atoms with Crippen molar-refractivity contribution in [1.82, 2.24) is 14.9 Å². The number of hydrogen-bond donors (Lipinski definition) is 2. The smallest absolute Gasteiger partial charge is 0.226 e. The highest BCUT2D eigenvalue weighted by molar-refractivity contribution is 5.95. The van der Waals surface area contributed by atoms with Crippen LogP contribution in [0, 0.1) is 0 Å². The van der Waals surface area contributed by atoms with Crippen molar-refractivity contribution in [2.75, 3.05) is 32.1 Å². The molecule has 104 valence electrons. The number of likely N-dealkylation sites (tertiary alicyclic amines) is 1. The minimum atomic E-state index is -0.00203. The molecular formula is C12H20N6O. The van der Waals surface area contributed by atoms with E-state index in [0.29, 0.717) is 17.7 Å². The van der Waals surface area contributed by atoms with Gasteiger partial charge in [-0.1, -0.05) is 5.16 Å². The third kappa shape index (κ3) is 3.11. The molecule has 1 unspecified atom stereocenters. The monoisotopic (exact) mass is 264 g/mol. The van der Waals surface area contributed by atoms with Crippen LogP contribution in [0.4, 0.5) is 5.95 Å². The highest BCUT2D eigenvalue weighted by Crippen LogP contribution is 2.17. The molecule has 0 bridgehead atoms. The Hall–Kier alpha value is -1.89. The topological polar surface area (TPSA) is 90.9 Å². The van der Waals surface area contributed by atoms with E-state index in [-0.39, 0.29) is 5.84 Å². The van der Waals surface area contributed by atoms with Crippen LogP contribution in [0.3, 0.4) is 0 Å². The Labute approximate surface area is 112 Å². The van der Waals surface area contributed by atoms with E-state index < -0.39 is 0 Å². The Morgan fingerprint density at radius 1 is 1.63 bits per heavy atom. The van der Waals surface area contributed by atoms with E-state index in [1.807, 2.05) is 7.05 Å². The number of hydrogen-bond acceptors (Lipinski definition) is 6. The fraction of sp³-hybridized carbons (Fsp3) is 0.583. The molecule has 0 aromatic carbocycles. The highest BCUT2D eigenvalue weighted by Gasteiger charge is 2.23. The van der Waals surface area contributed by atoms with Crippen molar-refractivity contribution in [2.24, 2.45) is 10.9 Å². The molecule has 3 N–H and O–H groups in total. The Morgan fingerprint density at radius 2 is 2.42 bits per heavy atom. The lowest BCUT2D eigenvalue weighted by atomic mass is 10.1. The van der Waals surface area contributed by atoms with Crippen LogP contribution in [0.25, 0.3) is 0 Å². The largest absolute Gasteiger partial charge is 0.409 e. The highest BCUT2D eigenvalue weighted by atomic mass is 16.4. The fourth-order valence-corrected chi connectivity index (χ4v) is 2.33. The van der Waals surface area contributed by atoms with Crippen molar-refractivity contribution >= 4 is 11.8 Å². The molecule has 0 spiro atoms. The maximum Gasteiger partial charge on any atom is 0.226 e. The van der Waals surface area contributed by atoms with Gasteiger partial charge in [0.15, 0.2) is 5.84 Å². The van der Waals surface area contributed by atoms with Crippen LogP contribution >= 0.6 is 0 Å². The number of rotatable bonds is 3. The number of piperidine rings is 1. The third-order valence-corrected chi connectivity index (χ3v) is 3.48. The van der Waals surface area contributed by atoms with E-state index in [1.165, 1.54) is 6.42 Å². The molecule has 0 saturated carbocycles. The van der Waals surface area contributed by atoms with Crippen LogP contribution in [-0.2, 0) is 0 Å². The summed E-state index contributed by atoms with van der Waals surface area (Å²) < 4.78 is 0. The van der Waals surface area contributed by atoms with Crippen molar-refractivity contribution in [3.8, 4) is 0 Å². The maximum atomic E-state index is 8.68. The molecule has 0 amide bonds. The van der Waals surface area contributed by atoms with Gasteiger partial charge in [-0.05, 0) is 32.5 Å². The summed E-state index contributed by atoms with van der Waals surface area (Å²) >= 11 is 0. The van der Waals surface area contributed by atoms with Gasteiger partial charge in [-0.3, -0.25) is 0 Å². The molecule has 1 saturated heterocycles. The van der Waals surface area contributed by atoms with E-state index in [4.69, 9.17) is 10.9 Å². The number of oxime groups is 1. The molecular weight excluding hydrogens is 244 g/mol. The minimum Gasteiger partial charge on any atom is -0.409 e. The van der Waals surface area contributed by atoms with E-state index in [2.05, 4.69) is 32.0 Å². The number of aromatic nitrogens is 2. The predicted molar refractivity (Wildman–Crippen MR) is 73.5 cm³/mol. The summed E-state index contributed by atoms with van der Waals surface area (Å²) in [5.41, 5.74) is 5.98. The lowest BCUT2D eigenvalue weighted by Gasteiger charge is -2.35. The van der Waals surface area contributed by atoms with Gasteiger partial charge in [0.25, 0.3) is 0 Å². The molecule has 1 atom stereocenters. The van der Waals surface area contributed by atoms with Crippen molar-refractivity contribution < 1.29 is 5.21 Å². The normalized spacial score (nSPS) is 21.4. The summed E-state index contributed by atoms with van der Waals surface area (Å²) in [6.07, 6.45) is 3.92. The van der Waals surface area contributed by atoms with E-state index >= 15 is 0 Å². The Morgan fingerprint density at radius 3 is 3.11 bits per heavy atom. The minimum absolute atomic E-state index is 0.00203. The van der Waals surface area contributed by atoms with Gasteiger partial charge in [-0.2, -0.15) is 0 Å². The summed E-state index contributed by atoms with van der Waals surface area (Å²) in [6, 6.07) is 2.01. The average molecular weight is 264 g/mol. The van der Waals surface area contributed by atoms with Gasteiger partial charge in [-0.25, -0.2) is 9.97 Å². The summed E-state index contributed by atoms with van der Waals surface area (Å²) in [7, 11) is 4.10. The zero-order chi connectivity index (χ0) is 13.8. The van der Waals surface area contributed by atoms with Crippen molar-refractivity contribution in [1.29, 1.82) is 0 Å². The summed E-state index contributed by atoms with van der Waals surface area (Å²) in [6.45, 7) is 2.13. The molecule has 1 aliphatic heterocycles. The molecule has 7 nitrogen and oxygen atoms in total. The first-order valence-electron chi connectivity index (χ1n) is 6.34. The van der Waals surface area contributed by atoms with Gasteiger partial charge in [0.2, 0.25) is 5.95 Å². The zero-order valence-electron chi connectivity index (χ0n) is 11.3. The van der Waals surface area contributed by atoms with Crippen LogP contribution in [0.1, 0.15) is 18.5 Å².